The molecule has 4 nitrogen and oxygen atoms in total. The predicted molar refractivity (Wildman–Crippen MR) is 72.7 cm³/mol. The summed E-state index contributed by atoms with van der Waals surface area (Å²) in [5.74, 6) is 1.42. The molecule has 1 aliphatic rings. The first kappa shape index (κ1) is 14.2. The fourth-order valence-electron chi connectivity index (χ4n) is 2.28. The molecule has 0 spiro atoms. The molecule has 2 unspecified atom stereocenters. The van der Waals surface area contributed by atoms with Gasteiger partial charge in [0, 0.05) is 24.7 Å². The fourth-order valence-corrected chi connectivity index (χ4v) is 2.28. The molecule has 0 aliphatic carbocycles. The lowest BCUT2D eigenvalue weighted by Gasteiger charge is -2.16. The second-order valence-corrected chi connectivity index (χ2v) is 4.85. The quantitative estimate of drug-likeness (QED) is 0.860. The summed E-state index contributed by atoms with van der Waals surface area (Å²) >= 11 is 0. The zero-order valence-electron chi connectivity index (χ0n) is 11.6. The van der Waals surface area contributed by atoms with Gasteiger partial charge in [-0.05, 0) is 31.9 Å². The van der Waals surface area contributed by atoms with Crippen LogP contribution in [0.1, 0.15) is 37.9 Å². The Morgan fingerprint density at radius 3 is 2.95 bits per heavy atom. The van der Waals surface area contributed by atoms with E-state index >= 15 is 0 Å². The van der Waals surface area contributed by atoms with Gasteiger partial charge in [0.1, 0.15) is 11.5 Å². The van der Waals surface area contributed by atoms with Gasteiger partial charge in [-0.2, -0.15) is 0 Å². The highest BCUT2D eigenvalue weighted by Gasteiger charge is 2.16. The number of ether oxygens (including phenoxy) is 3. The van der Waals surface area contributed by atoms with Crippen molar-refractivity contribution in [3.05, 3.63) is 23.8 Å². The van der Waals surface area contributed by atoms with E-state index in [2.05, 4.69) is 0 Å². The van der Waals surface area contributed by atoms with Gasteiger partial charge < -0.3 is 19.3 Å². The minimum Gasteiger partial charge on any atom is -0.497 e. The summed E-state index contributed by atoms with van der Waals surface area (Å²) < 4.78 is 16.5. The number of hydrogen-bond donors (Lipinski definition) is 1. The Bertz CT molecular complexity index is 397. The number of rotatable bonds is 6. The molecule has 19 heavy (non-hydrogen) atoms. The highest BCUT2D eigenvalue weighted by Crippen LogP contribution is 2.30. The summed E-state index contributed by atoms with van der Waals surface area (Å²) in [6, 6.07) is 5.48. The number of aliphatic hydroxyl groups excluding tert-OH is 1. The van der Waals surface area contributed by atoms with Crippen molar-refractivity contribution < 1.29 is 19.3 Å². The van der Waals surface area contributed by atoms with Crippen molar-refractivity contribution in [2.45, 2.75) is 38.4 Å². The van der Waals surface area contributed by atoms with Crippen molar-refractivity contribution in [2.24, 2.45) is 0 Å². The van der Waals surface area contributed by atoms with E-state index in [9.17, 15) is 5.11 Å². The van der Waals surface area contributed by atoms with Crippen LogP contribution in [0.4, 0.5) is 0 Å². The van der Waals surface area contributed by atoms with E-state index < -0.39 is 6.10 Å². The summed E-state index contributed by atoms with van der Waals surface area (Å²) in [4.78, 5) is 0. The number of hydrogen-bond acceptors (Lipinski definition) is 4. The first-order chi connectivity index (χ1) is 9.20. The van der Waals surface area contributed by atoms with Gasteiger partial charge in [0.15, 0.2) is 0 Å². The molecule has 0 aromatic heterocycles. The van der Waals surface area contributed by atoms with Gasteiger partial charge in [0.25, 0.3) is 0 Å². The smallest absolute Gasteiger partial charge is 0.128 e. The summed E-state index contributed by atoms with van der Waals surface area (Å²) in [7, 11) is 1.62. The fraction of sp³-hybridized carbons (Fsp3) is 0.600. The molecule has 1 aliphatic heterocycles. The largest absolute Gasteiger partial charge is 0.497 e. The van der Waals surface area contributed by atoms with Gasteiger partial charge in [-0.25, -0.2) is 0 Å². The van der Waals surface area contributed by atoms with Crippen LogP contribution in [-0.2, 0) is 4.74 Å². The van der Waals surface area contributed by atoms with E-state index in [1.165, 1.54) is 0 Å². The molecule has 1 N–H and O–H groups in total. The zero-order chi connectivity index (χ0) is 13.7. The molecule has 1 saturated heterocycles. The average molecular weight is 266 g/mol. The lowest BCUT2D eigenvalue weighted by atomic mass is 10.1. The van der Waals surface area contributed by atoms with Gasteiger partial charge in [-0.3, -0.25) is 0 Å². The first-order valence-corrected chi connectivity index (χ1v) is 6.81. The molecule has 1 aromatic carbocycles. The van der Waals surface area contributed by atoms with Crippen LogP contribution in [0.25, 0.3) is 0 Å². The lowest BCUT2D eigenvalue weighted by Crippen LogP contribution is -2.11. The Balaban J connectivity index is 1.96. The van der Waals surface area contributed by atoms with E-state index in [4.69, 9.17) is 14.2 Å². The highest BCUT2D eigenvalue weighted by molar-refractivity contribution is 5.41. The monoisotopic (exact) mass is 266 g/mol. The molecule has 1 aromatic rings. The molecule has 2 atom stereocenters. The van der Waals surface area contributed by atoms with Gasteiger partial charge in [0.2, 0.25) is 0 Å². The van der Waals surface area contributed by atoms with Gasteiger partial charge in [0.05, 0.1) is 25.9 Å². The van der Waals surface area contributed by atoms with Crippen LogP contribution in [0, 0.1) is 0 Å². The third-order valence-corrected chi connectivity index (χ3v) is 3.39. The number of aliphatic hydroxyl groups is 1. The SMILES string of the molecule is COc1ccc(C(C)O)c(OCCC2CCCO2)c1. The third-order valence-electron chi connectivity index (χ3n) is 3.39. The van der Waals surface area contributed by atoms with Crippen LogP contribution < -0.4 is 9.47 Å². The second-order valence-electron chi connectivity index (χ2n) is 4.85. The summed E-state index contributed by atoms with van der Waals surface area (Å²) in [6.45, 7) is 3.19. The molecular weight excluding hydrogens is 244 g/mol. The number of methoxy groups -OCH3 is 1. The van der Waals surface area contributed by atoms with Crippen molar-refractivity contribution in [3.8, 4) is 11.5 Å². The van der Waals surface area contributed by atoms with Gasteiger partial charge in [-0.1, -0.05) is 0 Å². The maximum absolute atomic E-state index is 9.73. The maximum atomic E-state index is 9.73. The van der Waals surface area contributed by atoms with Gasteiger partial charge >= 0.3 is 0 Å². The molecule has 0 amide bonds. The van der Waals surface area contributed by atoms with E-state index in [0.717, 1.165) is 37.2 Å². The first-order valence-electron chi connectivity index (χ1n) is 6.81. The lowest BCUT2D eigenvalue weighted by molar-refractivity contribution is 0.0896. The summed E-state index contributed by atoms with van der Waals surface area (Å²) in [6.07, 6.45) is 2.91. The average Bonchev–Trinajstić information content (AvgIpc) is 2.91. The minimum atomic E-state index is -0.552. The van der Waals surface area contributed by atoms with E-state index in [1.807, 2.05) is 18.2 Å². The highest BCUT2D eigenvalue weighted by atomic mass is 16.5. The van der Waals surface area contributed by atoms with Gasteiger partial charge in [-0.15, -0.1) is 0 Å². The molecule has 1 heterocycles. The molecule has 0 radical (unpaired) electrons. The molecule has 4 heteroatoms. The van der Waals surface area contributed by atoms with Crippen molar-refractivity contribution in [1.82, 2.24) is 0 Å². The predicted octanol–water partition coefficient (Wildman–Crippen LogP) is 2.70. The Morgan fingerprint density at radius 1 is 1.47 bits per heavy atom. The Labute approximate surface area is 114 Å². The Kier molecular flexibility index (Phi) is 5.05. The van der Waals surface area contributed by atoms with Crippen LogP contribution >= 0.6 is 0 Å². The summed E-state index contributed by atoms with van der Waals surface area (Å²) in [5, 5.41) is 9.73. The third kappa shape index (κ3) is 3.85. The van der Waals surface area contributed by atoms with Crippen molar-refractivity contribution in [1.29, 1.82) is 0 Å². The molecule has 0 saturated carbocycles. The topological polar surface area (TPSA) is 47.9 Å². The molecule has 2 rings (SSSR count). The maximum Gasteiger partial charge on any atom is 0.128 e. The Morgan fingerprint density at radius 2 is 2.32 bits per heavy atom. The number of benzene rings is 1. The molecule has 1 fully saturated rings. The van der Waals surface area contributed by atoms with Crippen LogP contribution in [0.2, 0.25) is 0 Å². The van der Waals surface area contributed by atoms with E-state index in [1.54, 1.807) is 14.0 Å². The second kappa shape index (κ2) is 6.78. The van der Waals surface area contributed by atoms with Crippen molar-refractivity contribution in [2.75, 3.05) is 20.3 Å². The molecule has 106 valence electrons. The van der Waals surface area contributed by atoms with Crippen LogP contribution in [0.5, 0.6) is 11.5 Å². The van der Waals surface area contributed by atoms with E-state index in [0.29, 0.717) is 18.5 Å². The van der Waals surface area contributed by atoms with Crippen LogP contribution in [-0.4, -0.2) is 31.5 Å². The Hall–Kier alpha value is -1.26. The standard InChI is InChI=1S/C15H22O4/c1-11(16)14-6-5-13(17-2)10-15(14)19-9-7-12-4-3-8-18-12/h5-6,10-12,16H,3-4,7-9H2,1-2H3. The minimum absolute atomic E-state index is 0.320. The zero-order valence-corrected chi connectivity index (χ0v) is 11.6. The van der Waals surface area contributed by atoms with E-state index in [-0.39, 0.29) is 0 Å². The summed E-state index contributed by atoms with van der Waals surface area (Å²) in [5.41, 5.74) is 0.785. The molecular formula is C15H22O4. The van der Waals surface area contributed by atoms with Crippen LogP contribution in [0.15, 0.2) is 18.2 Å². The van der Waals surface area contributed by atoms with Crippen LogP contribution in [0.3, 0.4) is 0 Å². The normalized spacial score (nSPS) is 20.3. The molecule has 0 bridgehead atoms. The van der Waals surface area contributed by atoms with Crippen molar-refractivity contribution >= 4 is 0 Å². The van der Waals surface area contributed by atoms with Crippen molar-refractivity contribution in [3.63, 3.8) is 0 Å².